The molecule has 2 aliphatic rings. The number of nitrogens with zero attached hydrogens (tertiary/aromatic N) is 3. The average Bonchev–Trinajstić information content (AvgIpc) is 3.41. The van der Waals surface area contributed by atoms with Gasteiger partial charge in [-0.25, -0.2) is 0 Å². The summed E-state index contributed by atoms with van der Waals surface area (Å²) < 4.78 is 29.6. The Kier molecular flexibility index (Phi) is 6.38. The predicted molar refractivity (Wildman–Crippen MR) is 122 cm³/mol. The van der Waals surface area contributed by atoms with Crippen molar-refractivity contribution in [1.82, 2.24) is 9.80 Å². The van der Waals surface area contributed by atoms with Crippen LogP contribution in [0.5, 0.6) is 0 Å². The Morgan fingerprint density at radius 2 is 1.74 bits per heavy atom. The summed E-state index contributed by atoms with van der Waals surface area (Å²) in [5.74, 6) is 0.414. The lowest BCUT2D eigenvalue weighted by molar-refractivity contribution is -0.121. The summed E-state index contributed by atoms with van der Waals surface area (Å²) in [5.41, 5.74) is 1.38. The molecule has 7 nitrogen and oxygen atoms in total. The summed E-state index contributed by atoms with van der Waals surface area (Å²) in [5, 5.41) is 2.93. The normalized spacial score (nSPS) is 19.6. The molecule has 1 N–H and O–H groups in total. The highest BCUT2D eigenvalue weighted by molar-refractivity contribution is 7.90. The second-order valence-electron chi connectivity index (χ2n) is 8.08. The van der Waals surface area contributed by atoms with E-state index in [1.165, 1.54) is 12.1 Å². The Bertz CT molecular complexity index is 1060. The zero-order valence-corrected chi connectivity index (χ0v) is 18.5. The molecule has 0 radical (unpaired) electrons. The summed E-state index contributed by atoms with van der Waals surface area (Å²) in [6, 6.07) is 15.6. The van der Waals surface area contributed by atoms with Gasteiger partial charge in [-0.1, -0.05) is 36.4 Å². The van der Waals surface area contributed by atoms with Crippen LogP contribution in [0.4, 0.5) is 5.69 Å². The highest BCUT2D eigenvalue weighted by Gasteiger charge is 2.30. The number of nitrogens with one attached hydrogen (secondary N) is 1. The van der Waals surface area contributed by atoms with Gasteiger partial charge in [-0.2, -0.15) is 8.42 Å². The van der Waals surface area contributed by atoms with Crippen molar-refractivity contribution in [3.8, 4) is 0 Å². The topological polar surface area (TPSA) is 82.1 Å². The maximum atomic E-state index is 13.2. The van der Waals surface area contributed by atoms with Crippen molar-refractivity contribution in [3.05, 3.63) is 60.2 Å². The third-order valence-corrected chi connectivity index (χ3v) is 7.13. The standard InChI is InChI=1S/C23H28N4O3S/c1-26-14-8-13-21(26)25-31(29,30)20-12-7-11-19(17-20)24-23(28)22(27-15-5-6-16-27)18-9-3-2-4-10-18/h2-4,7,9-12,17,22H,5-6,8,13-16H2,1H3,(H,24,28)/b25-21+. The van der Waals surface area contributed by atoms with Crippen molar-refractivity contribution in [2.24, 2.45) is 4.40 Å². The first-order chi connectivity index (χ1) is 14.9. The lowest BCUT2D eigenvalue weighted by atomic mass is 10.0. The second-order valence-corrected chi connectivity index (χ2v) is 9.69. The molecule has 2 aromatic carbocycles. The van der Waals surface area contributed by atoms with Crippen molar-refractivity contribution >= 4 is 27.5 Å². The Hall–Kier alpha value is -2.71. The van der Waals surface area contributed by atoms with Crippen LogP contribution >= 0.6 is 0 Å². The SMILES string of the molecule is CN1CCC/C1=N\S(=O)(=O)c1cccc(NC(=O)C(c2ccccc2)N2CCCC2)c1. The number of amidine groups is 1. The summed E-state index contributed by atoms with van der Waals surface area (Å²) in [7, 11) is -1.99. The van der Waals surface area contributed by atoms with Gasteiger partial charge in [0.2, 0.25) is 5.91 Å². The molecular formula is C23H28N4O3S. The molecule has 0 spiro atoms. The van der Waals surface area contributed by atoms with Crippen LogP contribution in [0.15, 0.2) is 63.9 Å². The van der Waals surface area contributed by atoms with E-state index in [1.54, 1.807) is 12.1 Å². The molecule has 2 saturated heterocycles. The van der Waals surface area contributed by atoms with E-state index in [-0.39, 0.29) is 10.8 Å². The van der Waals surface area contributed by atoms with Crippen LogP contribution in [-0.2, 0) is 14.8 Å². The summed E-state index contributed by atoms with van der Waals surface area (Å²) in [6.45, 7) is 2.54. The molecule has 2 heterocycles. The molecular weight excluding hydrogens is 412 g/mol. The fourth-order valence-electron chi connectivity index (χ4n) is 4.21. The van der Waals surface area contributed by atoms with E-state index in [0.29, 0.717) is 17.9 Å². The van der Waals surface area contributed by atoms with Crippen molar-refractivity contribution in [3.63, 3.8) is 0 Å². The number of amides is 1. The minimum atomic E-state index is -3.84. The first-order valence-corrected chi connectivity index (χ1v) is 12.1. The maximum absolute atomic E-state index is 13.2. The Labute approximate surface area is 183 Å². The van der Waals surface area contributed by atoms with Crippen LogP contribution in [0.1, 0.15) is 37.3 Å². The van der Waals surface area contributed by atoms with Gasteiger partial charge in [-0.15, -0.1) is 4.40 Å². The minimum absolute atomic E-state index is 0.0792. The number of anilines is 1. The van der Waals surface area contributed by atoms with Gasteiger partial charge in [0.05, 0.1) is 4.90 Å². The van der Waals surface area contributed by atoms with Crippen LogP contribution in [0.25, 0.3) is 0 Å². The van der Waals surface area contributed by atoms with Crippen LogP contribution in [-0.4, -0.2) is 56.6 Å². The number of hydrogen-bond donors (Lipinski definition) is 1. The van der Waals surface area contributed by atoms with Crippen molar-refractivity contribution in [2.45, 2.75) is 36.6 Å². The molecule has 0 aliphatic carbocycles. The molecule has 1 amide bonds. The van der Waals surface area contributed by atoms with Gasteiger partial charge in [-0.05, 0) is 56.1 Å². The summed E-state index contributed by atoms with van der Waals surface area (Å²) in [6.07, 6.45) is 3.69. The third-order valence-electron chi connectivity index (χ3n) is 5.83. The van der Waals surface area contributed by atoms with E-state index in [2.05, 4.69) is 14.6 Å². The summed E-state index contributed by atoms with van der Waals surface area (Å²) in [4.78, 5) is 17.4. The molecule has 164 valence electrons. The van der Waals surface area contributed by atoms with Gasteiger partial charge in [0.1, 0.15) is 11.9 Å². The highest BCUT2D eigenvalue weighted by atomic mass is 32.2. The van der Waals surface area contributed by atoms with Gasteiger partial charge in [0.15, 0.2) is 0 Å². The zero-order chi connectivity index (χ0) is 21.8. The monoisotopic (exact) mass is 440 g/mol. The fraction of sp³-hybridized carbons (Fsp3) is 0.391. The molecule has 0 aromatic heterocycles. The molecule has 2 fully saturated rings. The lowest BCUT2D eigenvalue weighted by Crippen LogP contribution is -2.35. The first kappa shape index (κ1) is 21.5. The van der Waals surface area contributed by atoms with Gasteiger partial charge in [-0.3, -0.25) is 9.69 Å². The molecule has 31 heavy (non-hydrogen) atoms. The van der Waals surface area contributed by atoms with E-state index >= 15 is 0 Å². The first-order valence-electron chi connectivity index (χ1n) is 10.7. The molecule has 0 saturated carbocycles. The van der Waals surface area contributed by atoms with Crippen LogP contribution in [0.3, 0.4) is 0 Å². The minimum Gasteiger partial charge on any atom is -0.362 e. The largest absolute Gasteiger partial charge is 0.362 e. The fourth-order valence-corrected chi connectivity index (χ4v) is 5.35. The Morgan fingerprint density at radius 3 is 2.42 bits per heavy atom. The maximum Gasteiger partial charge on any atom is 0.284 e. The Morgan fingerprint density at radius 1 is 1.00 bits per heavy atom. The Balaban J connectivity index is 1.57. The molecule has 0 bridgehead atoms. The predicted octanol–water partition coefficient (Wildman–Crippen LogP) is 3.28. The van der Waals surface area contributed by atoms with Gasteiger partial charge in [0, 0.05) is 25.7 Å². The summed E-state index contributed by atoms with van der Waals surface area (Å²) >= 11 is 0. The average molecular weight is 441 g/mol. The number of rotatable bonds is 6. The van der Waals surface area contributed by atoms with Crippen LogP contribution in [0, 0.1) is 0 Å². The number of benzene rings is 2. The smallest absolute Gasteiger partial charge is 0.284 e. The molecule has 8 heteroatoms. The molecule has 2 aliphatic heterocycles. The van der Waals surface area contributed by atoms with E-state index in [1.807, 2.05) is 42.3 Å². The number of carbonyl (C=O) groups is 1. The molecule has 1 atom stereocenters. The van der Waals surface area contributed by atoms with Crippen LogP contribution in [0.2, 0.25) is 0 Å². The van der Waals surface area contributed by atoms with E-state index in [4.69, 9.17) is 0 Å². The van der Waals surface area contributed by atoms with Crippen molar-refractivity contribution in [2.75, 3.05) is 32.0 Å². The van der Waals surface area contributed by atoms with Crippen LogP contribution < -0.4 is 5.32 Å². The second kappa shape index (κ2) is 9.20. The number of carbonyl (C=O) groups excluding carboxylic acids is 1. The van der Waals surface area contributed by atoms with Gasteiger partial charge >= 0.3 is 0 Å². The quantitative estimate of drug-likeness (QED) is 0.746. The third kappa shape index (κ3) is 4.97. The number of sulfonamides is 1. The van der Waals surface area contributed by atoms with Gasteiger partial charge < -0.3 is 10.2 Å². The molecule has 4 rings (SSSR count). The van der Waals surface area contributed by atoms with E-state index in [0.717, 1.165) is 44.5 Å². The molecule has 1 unspecified atom stereocenters. The van der Waals surface area contributed by atoms with E-state index < -0.39 is 16.1 Å². The van der Waals surface area contributed by atoms with Crippen molar-refractivity contribution in [1.29, 1.82) is 0 Å². The molecule has 2 aromatic rings. The number of hydrogen-bond acceptors (Lipinski definition) is 4. The number of likely N-dealkylation sites (tertiary alicyclic amines) is 2. The highest BCUT2D eigenvalue weighted by Crippen LogP contribution is 2.27. The van der Waals surface area contributed by atoms with E-state index in [9.17, 15) is 13.2 Å². The van der Waals surface area contributed by atoms with Crippen molar-refractivity contribution < 1.29 is 13.2 Å². The zero-order valence-electron chi connectivity index (χ0n) is 17.7. The van der Waals surface area contributed by atoms with Gasteiger partial charge in [0.25, 0.3) is 10.0 Å². The lowest BCUT2D eigenvalue weighted by Gasteiger charge is -2.27.